The molecule has 0 aliphatic rings. The molecule has 0 atom stereocenters. The number of halogens is 8. The first kappa shape index (κ1) is 21.0. The number of fused-ring (bicyclic) bond motifs is 4. The number of nitrogens with zero attached hydrogens (tertiary/aromatic N) is 2. The van der Waals surface area contributed by atoms with Gasteiger partial charge < -0.3 is 4.57 Å². The van der Waals surface area contributed by atoms with E-state index in [9.17, 15) is 25.2 Å². The van der Waals surface area contributed by atoms with Gasteiger partial charge in [-0.05, 0) is 36.4 Å². The minimum absolute atomic E-state index is 0.753. The van der Waals surface area contributed by atoms with Crippen molar-refractivity contribution in [2.45, 2.75) is 0 Å². The Morgan fingerprint density at radius 3 is 1.96 bits per heavy atom. The van der Waals surface area contributed by atoms with Gasteiger partial charge in [-0.15, -0.1) is 0 Å². The van der Waals surface area contributed by atoms with Crippen molar-refractivity contribution < 1.29 is 29.7 Å². The molecular formula is C17H13Cl2F6N2P. The van der Waals surface area contributed by atoms with Crippen molar-refractivity contribution in [1.29, 1.82) is 0 Å². The molecule has 0 aliphatic carbocycles. The zero-order valence-electron chi connectivity index (χ0n) is 14.4. The molecule has 0 saturated heterocycles. The first-order chi connectivity index (χ1) is 12.5. The number of rotatable bonds is 0. The molecule has 0 bridgehead atoms. The molecule has 0 aliphatic heterocycles. The molecule has 4 rings (SSSR count). The quantitative estimate of drug-likeness (QED) is 0.143. The molecule has 0 fully saturated rings. The van der Waals surface area contributed by atoms with Crippen LogP contribution in [-0.2, 0) is 14.1 Å². The molecule has 28 heavy (non-hydrogen) atoms. The molecular weight excluding hydrogens is 448 g/mol. The predicted octanol–water partition coefficient (Wildman–Crippen LogP) is 8.00. The van der Waals surface area contributed by atoms with Gasteiger partial charge >= 0.3 is 33.0 Å². The topological polar surface area (TPSA) is 8.81 Å². The van der Waals surface area contributed by atoms with Gasteiger partial charge in [0.25, 0.3) is 0 Å². The molecule has 2 heterocycles. The van der Waals surface area contributed by atoms with E-state index in [1.165, 1.54) is 21.9 Å². The van der Waals surface area contributed by atoms with E-state index in [1.807, 2.05) is 24.3 Å². The Balaban J connectivity index is 0.000000279. The van der Waals surface area contributed by atoms with Crippen LogP contribution in [0.4, 0.5) is 25.2 Å². The van der Waals surface area contributed by atoms with Crippen molar-refractivity contribution in [3.05, 3.63) is 52.5 Å². The second-order valence-electron chi connectivity index (χ2n) is 6.32. The van der Waals surface area contributed by atoms with E-state index in [0.29, 0.717) is 0 Å². The Labute approximate surface area is 165 Å². The second-order valence-corrected chi connectivity index (χ2v) is 9.11. The van der Waals surface area contributed by atoms with Gasteiger partial charge in [0.2, 0.25) is 11.0 Å². The van der Waals surface area contributed by atoms with Crippen LogP contribution in [0.3, 0.4) is 0 Å². The van der Waals surface area contributed by atoms with Crippen LogP contribution in [0.15, 0.2) is 42.5 Å². The average Bonchev–Trinajstić information content (AvgIpc) is 2.76. The zero-order chi connectivity index (χ0) is 21.1. The van der Waals surface area contributed by atoms with Crippen molar-refractivity contribution in [3.63, 3.8) is 0 Å². The van der Waals surface area contributed by atoms with Crippen LogP contribution in [-0.4, -0.2) is 4.57 Å². The van der Waals surface area contributed by atoms with E-state index in [4.69, 9.17) is 23.2 Å². The van der Waals surface area contributed by atoms with E-state index in [-0.39, 0.29) is 0 Å². The van der Waals surface area contributed by atoms with Crippen molar-refractivity contribution in [1.82, 2.24) is 4.57 Å². The minimum atomic E-state index is -10.7. The Bertz CT molecular complexity index is 1240. The van der Waals surface area contributed by atoms with E-state index in [1.54, 1.807) is 0 Å². The Morgan fingerprint density at radius 2 is 1.36 bits per heavy atom. The second kappa shape index (κ2) is 5.88. The van der Waals surface area contributed by atoms with E-state index < -0.39 is 7.81 Å². The van der Waals surface area contributed by atoms with Gasteiger partial charge in [-0.25, -0.2) is 0 Å². The Kier molecular flexibility index (Phi) is 4.40. The number of aryl methyl sites for hydroxylation is 2. The molecule has 0 unspecified atom stereocenters. The predicted molar refractivity (Wildman–Crippen MR) is 103 cm³/mol. The molecule has 0 N–H and O–H groups in total. The van der Waals surface area contributed by atoms with Crippen molar-refractivity contribution in [2.24, 2.45) is 14.1 Å². The first-order valence-electron chi connectivity index (χ1n) is 7.73. The van der Waals surface area contributed by atoms with Crippen LogP contribution >= 0.6 is 31.0 Å². The third-order valence-corrected chi connectivity index (χ3v) is 4.63. The maximum absolute atomic E-state index is 10.7. The van der Waals surface area contributed by atoms with Gasteiger partial charge in [0, 0.05) is 28.5 Å². The summed E-state index contributed by atoms with van der Waals surface area (Å²) >= 11 is 12.3. The van der Waals surface area contributed by atoms with Crippen molar-refractivity contribution in [2.75, 3.05) is 0 Å². The van der Waals surface area contributed by atoms with Crippen LogP contribution in [0.1, 0.15) is 0 Å². The number of hydrogen-bond acceptors (Lipinski definition) is 0. The van der Waals surface area contributed by atoms with Crippen LogP contribution in [0.2, 0.25) is 10.0 Å². The van der Waals surface area contributed by atoms with Gasteiger partial charge in [-0.1, -0.05) is 23.2 Å². The molecule has 11 heteroatoms. The summed E-state index contributed by atoms with van der Waals surface area (Å²) in [5.74, 6) is 0. The van der Waals surface area contributed by atoms with Crippen molar-refractivity contribution in [3.8, 4) is 0 Å². The van der Waals surface area contributed by atoms with Crippen molar-refractivity contribution >= 4 is 63.8 Å². The molecule has 2 aromatic heterocycles. The van der Waals surface area contributed by atoms with Gasteiger partial charge in [0.15, 0.2) is 0 Å². The summed E-state index contributed by atoms with van der Waals surface area (Å²) in [6.07, 6.45) is 0. The van der Waals surface area contributed by atoms with E-state index >= 15 is 0 Å². The van der Waals surface area contributed by atoms with Crippen LogP contribution in [0.5, 0.6) is 0 Å². The molecule has 2 aromatic carbocycles. The summed E-state index contributed by atoms with van der Waals surface area (Å²) in [5.41, 5.74) is 4.68. The molecule has 0 amide bonds. The molecule has 152 valence electrons. The average molecular weight is 461 g/mol. The summed E-state index contributed by atoms with van der Waals surface area (Å²) in [6, 6.07) is 14.2. The normalized spacial score (nSPS) is 14.6. The van der Waals surface area contributed by atoms with Crippen LogP contribution < -0.4 is 4.57 Å². The summed E-state index contributed by atoms with van der Waals surface area (Å²) in [4.78, 5) is 0. The summed E-state index contributed by atoms with van der Waals surface area (Å²) in [6.45, 7) is 0. The molecule has 0 radical (unpaired) electrons. The molecule has 2 nitrogen and oxygen atoms in total. The third-order valence-electron chi connectivity index (χ3n) is 4.16. The monoisotopic (exact) mass is 460 g/mol. The van der Waals surface area contributed by atoms with E-state index in [0.717, 1.165) is 20.9 Å². The number of aromatic nitrogens is 2. The third kappa shape index (κ3) is 4.80. The fraction of sp³-hybridized carbons (Fsp3) is 0.118. The van der Waals surface area contributed by atoms with Crippen LogP contribution in [0, 0.1) is 0 Å². The van der Waals surface area contributed by atoms with Gasteiger partial charge in [-0.3, -0.25) is 0 Å². The summed E-state index contributed by atoms with van der Waals surface area (Å²) in [5, 5.41) is 3.81. The van der Waals surface area contributed by atoms with Crippen LogP contribution in [0.25, 0.3) is 32.8 Å². The van der Waals surface area contributed by atoms with Gasteiger partial charge in [0.1, 0.15) is 12.6 Å². The van der Waals surface area contributed by atoms with E-state index in [2.05, 4.69) is 41.4 Å². The summed E-state index contributed by atoms with van der Waals surface area (Å²) < 4.78 is 63.6. The number of benzene rings is 2. The molecule has 4 aromatic rings. The Hall–Kier alpha value is -1.76. The maximum atomic E-state index is 9.87. The molecule has 0 spiro atoms. The first-order valence-corrected chi connectivity index (χ1v) is 10.5. The number of pyridine rings is 1. The summed E-state index contributed by atoms with van der Waals surface area (Å²) in [7, 11) is -6.50. The standard InChI is InChI=1S/C17H13Cl2N2.F6P/c1-20-15-6-4-12(19)9-13(15)17-16(20)8-10-7-11(18)3-5-14(10)21(17)2;1-7(2,3,4,5)6/h3-9H,1-2H3;/q+1;-1. The Morgan fingerprint density at radius 1 is 0.821 bits per heavy atom. The SMILES string of the molecule is Cn1c2ccc(Cl)cc2c2c1cc1cc(Cl)ccc1[n+]2C.F[P-](F)(F)(F)(F)F. The number of hydrogen-bond donors (Lipinski definition) is 0. The van der Waals surface area contributed by atoms with Gasteiger partial charge in [0.05, 0.1) is 10.9 Å². The fourth-order valence-corrected chi connectivity index (χ4v) is 3.50. The zero-order valence-corrected chi connectivity index (χ0v) is 16.8. The fourth-order valence-electron chi connectivity index (χ4n) is 3.15. The molecule has 0 saturated carbocycles. The van der Waals surface area contributed by atoms with Gasteiger partial charge in [-0.2, -0.15) is 4.57 Å².